The van der Waals surface area contributed by atoms with Crippen molar-refractivity contribution in [3.8, 4) is 0 Å². The summed E-state index contributed by atoms with van der Waals surface area (Å²) in [5.41, 5.74) is 1.08. The molecule has 1 saturated heterocycles. The Morgan fingerprint density at radius 3 is 2.59 bits per heavy atom. The van der Waals surface area contributed by atoms with Gasteiger partial charge in [0.15, 0.2) is 5.82 Å². The molecular weight excluding hydrogens is 296 g/mol. The van der Waals surface area contributed by atoms with Gasteiger partial charge in [0.05, 0.1) is 5.69 Å². The Morgan fingerprint density at radius 2 is 2.05 bits per heavy atom. The number of rotatable bonds is 4. The van der Waals surface area contributed by atoms with Crippen LogP contribution in [-0.2, 0) is 5.41 Å². The van der Waals surface area contributed by atoms with Crippen molar-refractivity contribution >= 4 is 22.5 Å². The monoisotopic (exact) mass is 318 g/mol. The highest BCUT2D eigenvalue weighted by molar-refractivity contribution is 7.09. The fourth-order valence-corrected chi connectivity index (χ4v) is 2.96. The normalized spacial score (nSPS) is 15.7. The van der Waals surface area contributed by atoms with Gasteiger partial charge in [0.1, 0.15) is 5.82 Å². The van der Waals surface area contributed by atoms with Crippen molar-refractivity contribution in [2.75, 3.05) is 29.9 Å². The summed E-state index contributed by atoms with van der Waals surface area (Å²) in [5, 5.41) is 13.0. The molecule has 0 radical (unpaired) electrons. The Balaban J connectivity index is 1.48. The minimum Gasteiger partial charge on any atom is -0.360 e. The van der Waals surface area contributed by atoms with Crippen molar-refractivity contribution in [2.45, 2.75) is 33.1 Å². The molecule has 1 fully saturated rings. The zero-order chi connectivity index (χ0) is 15.7. The fourth-order valence-electron chi connectivity index (χ4n) is 2.38. The Bertz CT molecular complexity index is 624. The molecule has 0 spiro atoms. The molecular formula is C15H22N6S. The summed E-state index contributed by atoms with van der Waals surface area (Å²) in [6, 6.07) is 4.16. The van der Waals surface area contributed by atoms with Gasteiger partial charge in [0.25, 0.3) is 0 Å². The summed E-state index contributed by atoms with van der Waals surface area (Å²) >= 11 is 1.42. The van der Waals surface area contributed by atoms with Crippen LogP contribution in [0.5, 0.6) is 0 Å². The van der Waals surface area contributed by atoms with Gasteiger partial charge in [-0.1, -0.05) is 20.8 Å². The van der Waals surface area contributed by atoms with Crippen LogP contribution >= 0.6 is 11.5 Å². The van der Waals surface area contributed by atoms with Gasteiger partial charge in [-0.3, -0.25) is 0 Å². The number of hydrogen-bond donors (Lipinski definition) is 1. The Hall–Kier alpha value is -1.76. The van der Waals surface area contributed by atoms with E-state index in [-0.39, 0.29) is 5.41 Å². The predicted molar refractivity (Wildman–Crippen MR) is 89.6 cm³/mol. The second kappa shape index (κ2) is 5.79. The van der Waals surface area contributed by atoms with Gasteiger partial charge >= 0.3 is 0 Å². The minimum absolute atomic E-state index is 0.0484. The van der Waals surface area contributed by atoms with Gasteiger partial charge in [0, 0.05) is 42.5 Å². The molecule has 0 amide bonds. The van der Waals surface area contributed by atoms with Crippen LogP contribution in [0.25, 0.3) is 0 Å². The molecule has 1 N–H and O–H groups in total. The van der Waals surface area contributed by atoms with E-state index < -0.39 is 0 Å². The van der Waals surface area contributed by atoms with E-state index >= 15 is 0 Å². The molecule has 0 aromatic carbocycles. The maximum absolute atomic E-state index is 4.36. The third-order valence-electron chi connectivity index (χ3n) is 3.77. The fraction of sp³-hybridized carbons (Fsp3) is 0.600. The maximum atomic E-state index is 4.36. The zero-order valence-electron chi connectivity index (χ0n) is 13.5. The van der Waals surface area contributed by atoms with E-state index in [0.29, 0.717) is 5.92 Å². The Morgan fingerprint density at radius 1 is 1.27 bits per heavy atom. The van der Waals surface area contributed by atoms with Gasteiger partial charge in [-0.05, 0) is 19.1 Å². The lowest BCUT2D eigenvalue weighted by molar-refractivity contribution is 0.424. The van der Waals surface area contributed by atoms with Crippen molar-refractivity contribution < 1.29 is 0 Å². The van der Waals surface area contributed by atoms with Crippen LogP contribution in [-0.4, -0.2) is 39.2 Å². The van der Waals surface area contributed by atoms with E-state index in [1.807, 2.05) is 6.92 Å². The standard InChI is InChI=1S/C15H22N6S/c1-10-17-14(22-20-10)16-7-11-8-21(9-11)13-6-5-12(18-19-13)15(2,3)4/h5-6,11H,7-9H2,1-4H3,(H,16,17,20). The number of aryl methyl sites for hydroxylation is 1. The van der Waals surface area contributed by atoms with Crippen LogP contribution in [0.4, 0.5) is 10.9 Å². The molecule has 0 bridgehead atoms. The molecule has 2 aromatic rings. The molecule has 7 heteroatoms. The molecule has 6 nitrogen and oxygen atoms in total. The van der Waals surface area contributed by atoms with Crippen LogP contribution in [0.15, 0.2) is 12.1 Å². The quantitative estimate of drug-likeness (QED) is 0.934. The van der Waals surface area contributed by atoms with E-state index in [1.54, 1.807) is 0 Å². The lowest BCUT2D eigenvalue weighted by Crippen LogP contribution is -2.50. The van der Waals surface area contributed by atoms with Gasteiger partial charge in [-0.25, -0.2) is 4.98 Å². The molecule has 1 aliphatic rings. The lowest BCUT2D eigenvalue weighted by atomic mass is 9.92. The van der Waals surface area contributed by atoms with Crippen molar-refractivity contribution in [3.05, 3.63) is 23.7 Å². The first-order valence-corrected chi connectivity index (χ1v) is 8.32. The second-order valence-electron chi connectivity index (χ2n) is 6.83. The second-order valence-corrected chi connectivity index (χ2v) is 7.58. The molecule has 0 aliphatic carbocycles. The van der Waals surface area contributed by atoms with Crippen molar-refractivity contribution in [1.29, 1.82) is 0 Å². The Kier molecular flexibility index (Phi) is 3.99. The molecule has 0 atom stereocenters. The first-order valence-electron chi connectivity index (χ1n) is 7.55. The molecule has 3 rings (SSSR count). The van der Waals surface area contributed by atoms with Crippen molar-refractivity contribution in [2.24, 2.45) is 5.92 Å². The van der Waals surface area contributed by atoms with Crippen LogP contribution in [0.1, 0.15) is 32.3 Å². The summed E-state index contributed by atoms with van der Waals surface area (Å²) in [4.78, 5) is 6.57. The van der Waals surface area contributed by atoms with Crippen LogP contribution in [0.2, 0.25) is 0 Å². The summed E-state index contributed by atoms with van der Waals surface area (Å²) in [7, 11) is 0. The van der Waals surface area contributed by atoms with Crippen LogP contribution < -0.4 is 10.2 Å². The highest BCUT2D eigenvalue weighted by atomic mass is 32.1. The number of nitrogens with one attached hydrogen (secondary N) is 1. The van der Waals surface area contributed by atoms with E-state index in [0.717, 1.165) is 42.1 Å². The van der Waals surface area contributed by atoms with Gasteiger partial charge < -0.3 is 10.2 Å². The zero-order valence-corrected chi connectivity index (χ0v) is 14.3. The molecule has 0 saturated carbocycles. The lowest BCUT2D eigenvalue weighted by Gasteiger charge is -2.40. The summed E-state index contributed by atoms with van der Waals surface area (Å²) in [5.74, 6) is 2.42. The SMILES string of the molecule is Cc1nsc(NCC2CN(c3ccc(C(C)(C)C)nn3)C2)n1. The highest BCUT2D eigenvalue weighted by Gasteiger charge is 2.28. The van der Waals surface area contributed by atoms with Gasteiger partial charge in [0.2, 0.25) is 5.13 Å². The molecule has 3 heterocycles. The molecule has 1 aliphatic heterocycles. The first-order chi connectivity index (χ1) is 10.4. The third-order valence-corrected chi connectivity index (χ3v) is 4.53. The smallest absolute Gasteiger partial charge is 0.202 e. The van der Waals surface area contributed by atoms with Gasteiger partial charge in [-0.2, -0.15) is 9.47 Å². The number of hydrogen-bond acceptors (Lipinski definition) is 7. The summed E-state index contributed by atoms with van der Waals surface area (Å²) < 4.78 is 4.17. The predicted octanol–water partition coefficient (Wildman–Crippen LogP) is 2.48. The van der Waals surface area contributed by atoms with Crippen LogP contribution in [0.3, 0.4) is 0 Å². The van der Waals surface area contributed by atoms with E-state index in [9.17, 15) is 0 Å². The Labute approximate surface area is 135 Å². The highest BCUT2D eigenvalue weighted by Crippen LogP contribution is 2.25. The number of anilines is 2. The van der Waals surface area contributed by atoms with Crippen molar-refractivity contribution in [3.63, 3.8) is 0 Å². The summed E-state index contributed by atoms with van der Waals surface area (Å²) in [6.07, 6.45) is 0. The van der Waals surface area contributed by atoms with E-state index in [4.69, 9.17) is 0 Å². The van der Waals surface area contributed by atoms with Crippen molar-refractivity contribution in [1.82, 2.24) is 19.6 Å². The average Bonchev–Trinajstić information content (AvgIpc) is 2.82. The minimum atomic E-state index is 0.0484. The maximum Gasteiger partial charge on any atom is 0.202 e. The molecule has 118 valence electrons. The molecule has 2 aromatic heterocycles. The molecule has 22 heavy (non-hydrogen) atoms. The molecule has 0 unspecified atom stereocenters. The number of aromatic nitrogens is 4. The van der Waals surface area contributed by atoms with E-state index in [1.165, 1.54) is 11.5 Å². The first kappa shape index (κ1) is 15.1. The topological polar surface area (TPSA) is 66.8 Å². The third kappa shape index (κ3) is 3.35. The summed E-state index contributed by atoms with van der Waals surface area (Å²) in [6.45, 7) is 11.3. The van der Waals surface area contributed by atoms with E-state index in [2.05, 4.69) is 62.7 Å². The largest absolute Gasteiger partial charge is 0.360 e. The average molecular weight is 318 g/mol. The van der Waals surface area contributed by atoms with Crippen LogP contribution in [0, 0.1) is 12.8 Å². The van der Waals surface area contributed by atoms with Gasteiger partial charge in [-0.15, -0.1) is 5.10 Å². The number of nitrogens with zero attached hydrogens (tertiary/aromatic N) is 5.